The molecule has 2 atom stereocenters. The van der Waals surface area contributed by atoms with E-state index in [2.05, 4.69) is 36.9 Å². The molecule has 1 aromatic rings. The van der Waals surface area contributed by atoms with Crippen molar-refractivity contribution in [3.05, 3.63) is 29.3 Å². The molecule has 2 rings (SSSR count). The van der Waals surface area contributed by atoms with Crippen molar-refractivity contribution >= 4 is 0 Å². The Bertz CT molecular complexity index is 434. The summed E-state index contributed by atoms with van der Waals surface area (Å²) in [5, 5.41) is 0. The first kappa shape index (κ1) is 15.3. The lowest BCUT2D eigenvalue weighted by Crippen LogP contribution is -2.44. The highest BCUT2D eigenvalue weighted by atomic mass is 16.5. The molecule has 1 aromatic carbocycles. The summed E-state index contributed by atoms with van der Waals surface area (Å²) in [6.07, 6.45) is 0.144. The SMILES string of the molecule is CCN1CCOC(COc2cc(C)ccc2[C@@H](C)N)C1. The maximum absolute atomic E-state index is 6.00. The van der Waals surface area contributed by atoms with Crippen molar-refractivity contribution in [1.29, 1.82) is 0 Å². The number of hydrogen-bond donors (Lipinski definition) is 1. The summed E-state index contributed by atoms with van der Waals surface area (Å²) in [5.41, 5.74) is 8.24. The molecule has 1 saturated heterocycles. The fourth-order valence-electron chi connectivity index (χ4n) is 2.49. The van der Waals surface area contributed by atoms with Gasteiger partial charge < -0.3 is 15.2 Å². The van der Waals surface area contributed by atoms with Crippen LogP contribution in [0.5, 0.6) is 5.75 Å². The summed E-state index contributed by atoms with van der Waals surface area (Å²) < 4.78 is 11.7. The van der Waals surface area contributed by atoms with Crippen molar-refractivity contribution in [2.75, 3.05) is 32.8 Å². The smallest absolute Gasteiger partial charge is 0.124 e. The van der Waals surface area contributed by atoms with E-state index < -0.39 is 0 Å². The number of likely N-dealkylation sites (N-methyl/N-ethyl adjacent to an activating group) is 1. The molecule has 1 unspecified atom stereocenters. The van der Waals surface area contributed by atoms with Crippen LogP contribution in [0, 0.1) is 6.92 Å². The minimum absolute atomic E-state index is 0.0231. The van der Waals surface area contributed by atoms with Crippen LogP contribution in [0.2, 0.25) is 0 Å². The largest absolute Gasteiger partial charge is 0.490 e. The number of ether oxygens (including phenoxy) is 2. The summed E-state index contributed by atoms with van der Waals surface area (Å²) in [7, 11) is 0. The maximum Gasteiger partial charge on any atom is 0.124 e. The van der Waals surface area contributed by atoms with Gasteiger partial charge in [-0.1, -0.05) is 19.1 Å². The van der Waals surface area contributed by atoms with E-state index in [9.17, 15) is 0 Å². The van der Waals surface area contributed by atoms with E-state index in [1.54, 1.807) is 0 Å². The lowest BCUT2D eigenvalue weighted by atomic mass is 10.1. The van der Waals surface area contributed by atoms with E-state index in [1.165, 1.54) is 5.56 Å². The maximum atomic E-state index is 6.00. The van der Waals surface area contributed by atoms with Crippen molar-refractivity contribution in [2.45, 2.75) is 32.9 Å². The predicted octanol–water partition coefficient (Wildman–Crippen LogP) is 2.11. The van der Waals surface area contributed by atoms with Gasteiger partial charge in [0.25, 0.3) is 0 Å². The summed E-state index contributed by atoms with van der Waals surface area (Å²) in [6.45, 7) is 10.6. The molecule has 4 heteroatoms. The zero-order valence-corrected chi connectivity index (χ0v) is 12.8. The molecule has 4 nitrogen and oxygen atoms in total. The first-order valence-electron chi connectivity index (χ1n) is 7.43. The fourth-order valence-corrected chi connectivity index (χ4v) is 2.49. The highest BCUT2D eigenvalue weighted by Gasteiger charge is 2.20. The van der Waals surface area contributed by atoms with Crippen LogP contribution in [-0.2, 0) is 4.74 Å². The van der Waals surface area contributed by atoms with Crippen molar-refractivity contribution in [3.63, 3.8) is 0 Å². The molecular formula is C16H26N2O2. The molecule has 0 radical (unpaired) electrons. The summed E-state index contributed by atoms with van der Waals surface area (Å²) in [5.74, 6) is 0.886. The van der Waals surface area contributed by atoms with Crippen LogP contribution in [0.25, 0.3) is 0 Å². The minimum Gasteiger partial charge on any atom is -0.490 e. The quantitative estimate of drug-likeness (QED) is 0.896. The van der Waals surface area contributed by atoms with Crippen LogP contribution in [0.4, 0.5) is 0 Å². The standard InChI is InChI=1S/C16H26N2O2/c1-4-18-7-8-19-14(10-18)11-20-16-9-12(2)5-6-15(16)13(3)17/h5-6,9,13-14H,4,7-8,10-11,17H2,1-3H3/t13-,14?/m1/s1. The van der Waals surface area contributed by atoms with Gasteiger partial charge in [-0.3, -0.25) is 4.90 Å². The average Bonchev–Trinajstić information content (AvgIpc) is 2.45. The van der Waals surface area contributed by atoms with Gasteiger partial charge in [0.05, 0.1) is 6.61 Å². The van der Waals surface area contributed by atoms with Crippen LogP contribution in [0.3, 0.4) is 0 Å². The first-order chi connectivity index (χ1) is 9.60. The lowest BCUT2D eigenvalue weighted by molar-refractivity contribution is -0.0465. The van der Waals surface area contributed by atoms with Gasteiger partial charge in [0.1, 0.15) is 18.5 Å². The molecule has 112 valence electrons. The number of rotatable bonds is 5. The Labute approximate surface area is 121 Å². The second-order valence-electron chi connectivity index (χ2n) is 5.53. The molecule has 1 aliphatic heterocycles. The van der Waals surface area contributed by atoms with E-state index in [0.717, 1.165) is 37.6 Å². The van der Waals surface area contributed by atoms with Crippen molar-refractivity contribution < 1.29 is 9.47 Å². The minimum atomic E-state index is -0.0231. The van der Waals surface area contributed by atoms with Gasteiger partial charge in [0, 0.05) is 24.7 Å². The molecule has 0 aromatic heterocycles. The molecule has 20 heavy (non-hydrogen) atoms. The summed E-state index contributed by atoms with van der Waals surface area (Å²) in [4.78, 5) is 2.39. The second-order valence-corrected chi connectivity index (χ2v) is 5.53. The van der Waals surface area contributed by atoms with E-state index >= 15 is 0 Å². The Hall–Kier alpha value is -1.10. The number of hydrogen-bond acceptors (Lipinski definition) is 4. The number of nitrogens with zero attached hydrogens (tertiary/aromatic N) is 1. The molecule has 1 fully saturated rings. The molecule has 0 amide bonds. The highest BCUT2D eigenvalue weighted by molar-refractivity contribution is 5.38. The Balaban J connectivity index is 1.98. The van der Waals surface area contributed by atoms with Gasteiger partial charge in [0.2, 0.25) is 0 Å². The zero-order valence-electron chi connectivity index (χ0n) is 12.8. The number of benzene rings is 1. The predicted molar refractivity (Wildman–Crippen MR) is 81.1 cm³/mol. The molecule has 0 saturated carbocycles. The molecular weight excluding hydrogens is 252 g/mol. The Morgan fingerprint density at radius 1 is 1.50 bits per heavy atom. The van der Waals surface area contributed by atoms with Crippen molar-refractivity contribution in [2.24, 2.45) is 5.73 Å². The van der Waals surface area contributed by atoms with Gasteiger partial charge in [-0.2, -0.15) is 0 Å². The van der Waals surface area contributed by atoms with E-state index in [0.29, 0.717) is 6.61 Å². The molecule has 0 aliphatic carbocycles. The fraction of sp³-hybridized carbons (Fsp3) is 0.625. The monoisotopic (exact) mass is 278 g/mol. The van der Waals surface area contributed by atoms with Crippen LogP contribution in [-0.4, -0.2) is 43.9 Å². The molecule has 1 aliphatic rings. The second kappa shape index (κ2) is 7.07. The third-order valence-electron chi connectivity index (χ3n) is 3.75. The third-order valence-corrected chi connectivity index (χ3v) is 3.75. The Morgan fingerprint density at radius 3 is 3.00 bits per heavy atom. The van der Waals surface area contributed by atoms with Crippen LogP contribution in [0.1, 0.15) is 31.0 Å². The summed E-state index contributed by atoms with van der Waals surface area (Å²) in [6, 6.07) is 6.15. The van der Waals surface area contributed by atoms with E-state index in [-0.39, 0.29) is 12.1 Å². The van der Waals surface area contributed by atoms with Crippen LogP contribution in [0.15, 0.2) is 18.2 Å². The third kappa shape index (κ3) is 3.95. The lowest BCUT2D eigenvalue weighted by Gasteiger charge is -2.32. The first-order valence-corrected chi connectivity index (χ1v) is 7.43. The van der Waals surface area contributed by atoms with Gasteiger partial charge >= 0.3 is 0 Å². The number of aryl methyl sites for hydroxylation is 1. The molecule has 2 N–H and O–H groups in total. The summed E-state index contributed by atoms with van der Waals surface area (Å²) >= 11 is 0. The Morgan fingerprint density at radius 2 is 2.30 bits per heavy atom. The van der Waals surface area contributed by atoms with Gasteiger partial charge in [-0.15, -0.1) is 0 Å². The van der Waals surface area contributed by atoms with Gasteiger partial charge in [0.15, 0.2) is 0 Å². The van der Waals surface area contributed by atoms with Crippen LogP contribution < -0.4 is 10.5 Å². The van der Waals surface area contributed by atoms with Gasteiger partial charge in [-0.25, -0.2) is 0 Å². The topological polar surface area (TPSA) is 47.7 Å². The molecule has 0 bridgehead atoms. The normalized spacial score (nSPS) is 21.7. The average molecular weight is 278 g/mol. The number of morpholine rings is 1. The zero-order chi connectivity index (χ0) is 14.5. The Kier molecular flexibility index (Phi) is 5.40. The van der Waals surface area contributed by atoms with Crippen molar-refractivity contribution in [3.8, 4) is 5.75 Å². The van der Waals surface area contributed by atoms with E-state index in [4.69, 9.17) is 15.2 Å². The highest BCUT2D eigenvalue weighted by Crippen LogP contribution is 2.25. The molecule has 0 spiro atoms. The van der Waals surface area contributed by atoms with Gasteiger partial charge in [-0.05, 0) is 32.0 Å². The van der Waals surface area contributed by atoms with Crippen LogP contribution >= 0.6 is 0 Å². The number of nitrogens with two attached hydrogens (primary N) is 1. The van der Waals surface area contributed by atoms with Crippen molar-refractivity contribution in [1.82, 2.24) is 4.90 Å². The van der Waals surface area contributed by atoms with E-state index in [1.807, 2.05) is 6.92 Å². The molecule has 1 heterocycles.